The third-order valence-electron chi connectivity index (χ3n) is 2.17. The van der Waals surface area contributed by atoms with Gasteiger partial charge in [-0.25, -0.2) is 4.99 Å². The minimum atomic E-state index is 0. The maximum Gasteiger partial charge on any atom is 0.189 e. The van der Waals surface area contributed by atoms with Gasteiger partial charge in [0, 0.05) is 13.2 Å². The van der Waals surface area contributed by atoms with E-state index in [1.165, 1.54) is 0 Å². The maximum atomic E-state index is 5.73. The standard InChI is InChI=1S/C13H21N3O.HI/c1-10(2)16-13(14)15-8-11-5-4-6-12(7-11)9-17-3;/h4-7,10H,8-9H2,1-3H3,(H3,14,15,16);1H. The van der Waals surface area contributed by atoms with Crippen molar-refractivity contribution in [1.82, 2.24) is 5.32 Å². The molecule has 0 aromatic heterocycles. The van der Waals surface area contributed by atoms with Gasteiger partial charge in [0.25, 0.3) is 0 Å². The Bertz CT molecular complexity index is 380. The highest BCUT2D eigenvalue weighted by Gasteiger charge is 1.97. The van der Waals surface area contributed by atoms with Crippen LogP contribution in [0.25, 0.3) is 0 Å². The normalized spacial score (nSPS) is 11.2. The van der Waals surface area contributed by atoms with Gasteiger partial charge in [-0.05, 0) is 25.0 Å². The maximum absolute atomic E-state index is 5.73. The van der Waals surface area contributed by atoms with Gasteiger partial charge in [-0.1, -0.05) is 24.3 Å². The van der Waals surface area contributed by atoms with Crippen LogP contribution in [-0.2, 0) is 17.9 Å². The molecular formula is C13H22IN3O. The number of aliphatic imine (C=N–C) groups is 1. The molecular weight excluding hydrogens is 341 g/mol. The Balaban J connectivity index is 0.00000289. The number of nitrogens with zero attached hydrogens (tertiary/aromatic N) is 1. The van der Waals surface area contributed by atoms with Gasteiger partial charge in [0.2, 0.25) is 0 Å². The Kier molecular flexibility index (Phi) is 8.74. The first-order valence-electron chi connectivity index (χ1n) is 5.75. The number of halogens is 1. The van der Waals surface area contributed by atoms with Gasteiger partial charge in [-0.15, -0.1) is 24.0 Å². The van der Waals surface area contributed by atoms with E-state index in [0.29, 0.717) is 25.2 Å². The van der Waals surface area contributed by atoms with E-state index in [1.54, 1.807) is 7.11 Å². The Labute approximate surface area is 126 Å². The fourth-order valence-electron chi connectivity index (χ4n) is 1.50. The molecule has 0 saturated carbocycles. The van der Waals surface area contributed by atoms with Crippen molar-refractivity contribution in [2.75, 3.05) is 7.11 Å². The molecule has 4 nitrogen and oxygen atoms in total. The Morgan fingerprint density at radius 2 is 2.06 bits per heavy atom. The second-order valence-corrected chi connectivity index (χ2v) is 4.25. The molecule has 0 aliphatic heterocycles. The van der Waals surface area contributed by atoms with Gasteiger partial charge in [-0.2, -0.15) is 0 Å². The minimum Gasteiger partial charge on any atom is -0.380 e. The predicted molar refractivity (Wildman–Crippen MR) is 86.2 cm³/mol. The quantitative estimate of drug-likeness (QED) is 0.479. The summed E-state index contributed by atoms with van der Waals surface area (Å²) in [5, 5.41) is 3.06. The molecule has 0 atom stereocenters. The van der Waals surface area contributed by atoms with E-state index in [9.17, 15) is 0 Å². The van der Waals surface area contributed by atoms with E-state index < -0.39 is 0 Å². The van der Waals surface area contributed by atoms with Crippen LogP contribution < -0.4 is 11.1 Å². The molecule has 0 unspecified atom stereocenters. The minimum absolute atomic E-state index is 0. The summed E-state index contributed by atoms with van der Waals surface area (Å²) in [7, 11) is 1.69. The van der Waals surface area contributed by atoms with Gasteiger partial charge in [0.05, 0.1) is 13.2 Å². The summed E-state index contributed by atoms with van der Waals surface area (Å²) in [5.41, 5.74) is 8.01. The van der Waals surface area contributed by atoms with Crippen molar-refractivity contribution < 1.29 is 4.74 Å². The molecule has 0 bridgehead atoms. The van der Waals surface area contributed by atoms with E-state index >= 15 is 0 Å². The molecule has 0 aliphatic carbocycles. The van der Waals surface area contributed by atoms with E-state index in [0.717, 1.165) is 11.1 Å². The molecule has 0 saturated heterocycles. The molecule has 0 fully saturated rings. The van der Waals surface area contributed by atoms with Crippen molar-refractivity contribution in [1.29, 1.82) is 0 Å². The number of hydrogen-bond donors (Lipinski definition) is 2. The first kappa shape index (κ1) is 17.2. The Morgan fingerprint density at radius 3 is 2.67 bits per heavy atom. The van der Waals surface area contributed by atoms with Crippen LogP contribution in [0.4, 0.5) is 0 Å². The van der Waals surface area contributed by atoms with E-state index in [1.807, 2.05) is 32.0 Å². The summed E-state index contributed by atoms with van der Waals surface area (Å²) in [4.78, 5) is 4.28. The third-order valence-corrected chi connectivity index (χ3v) is 2.17. The lowest BCUT2D eigenvalue weighted by Gasteiger charge is -2.08. The van der Waals surface area contributed by atoms with E-state index in [-0.39, 0.29) is 24.0 Å². The van der Waals surface area contributed by atoms with Gasteiger partial charge >= 0.3 is 0 Å². The van der Waals surface area contributed by atoms with E-state index in [2.05, 4.69) is 16.4 Å². The van der Waals surface area contributed by atoms with Crippen LogP contribution >= 0.6 is 24.0 Å². The predicted octanol–water partition coefficient (Wildman–Crippen LogP) is 2.26. The monoisotopic (exact) mass is 363 g/mol. The summed E-state index contributed by atoms with van der Waals surface area (Å²) in [6.07, 6.45) is 0. The molecule has 5 heteroatoms. The number of benzene rings is 1. The van der Waals surface area contributed by atoms with Crippen molar-refractivity contribution in [3.63, 3.8) is 0 Å². The lowest BCUT2D eigenvalue weighted by atomic mass is 10.1. The summed E-state index contributed by atoms with van der Waals surface area (Å²) in [6, 6.07) is 8.46. The number of nitrogens with two attached hydrogens (primary N) is 1. The lowest BCUT2D eigenvalue weighted by molar-refractivity contribution is 0.185. The molecule has 1 aromatic carbocycles. The molecule has 1 rings (SSSR count). The largest absolute Gasteiger partial charge is 0.380 e. The van der Waals surface area contributed by atoms with Crippen molar-refractivity contribution in [2.45, 2.75) is 33.0 Å². The second-order valence-electron chi connectivity index (χ2n) is 4.25. The van der Waals surface area contributed by atoms with Gasteiger partial charge < -0.3 is 15.8 Å². The zero-order chi connectivity index (χ0) is 12.7. The zero-order valence-electron chi connectivity index (χ0n) is 11.1. The van der Waals surface area contributed by atoms with Crippen LogP contribution in [0.2, 0.25) is 0 Å². The highest BCUT2D eigenvalue weighted by atomic mass is 127. The number of ether oxygens (including phenoxy) is 1. The van der Waals surface area contributed by atoms with Gasteiger partial charge in [-0.3, -0.25) is 0 Å². The average Bonchev–Trinajstić information content (AvgIpc) is 2.26. The highest BCUT2D eigenvalue weighted by molar-refractivity contribution is 14.0. The summed E-state index contributed by atoms with van der Waals surface area (Å²) in [6.45, 7) is 5.27. The first-order chi connectivity index (χ1) is 8.11. The van der Waals surface area contributed by atoms with Crippen LogP contribution in [-0.4, -0.2) is 19.1 Å². The number of nitrogens with one attached hydrogen (secondary N) is 1. The second kappa shape index (κ2) is 9.16. The summed E-state index contributed by atoms with van der Waals surface area (Å²) in [5.74, 6) is 0.483. The SMILES string of the molecule is COCc1cccc(CN=C(N)NC(C)C)c1.I. The number of guanidine groups is 1. The molecule has 0 aliphatic rings. The van der Waals surface area contributed by atoms with Crippen molar-refractivity contribution in [3.8, 4) is 0 Å². The van der Waals surface area contributed by atoms with E-state index in [4.69, 9.17) is 10.5 Å². The fraction of sp³-hybridized carbons (Fsp3) is 0.462. The zero-order valence-corrected chi connectivity index (χ0v) is 13.5. The Hall–Kier alpha value is -0.820. The number of methoxy groups -OCH3 is 1. The molecule has 0 heterocycles. The number of rotatable bonds is 5. The van der Waals surface area contributed by atoms with Crippen LogP contribution in [0.1, 0.15) is 25.0 Å². The molecule has 3 N–H and O–H groups in total. The molecule has 1 aromatic rings. The molecule has 0 spiro atoms. The fourth-order valence-corrected chi connectivity index (χ4v) is 1.50. The molecule has 0 radical (unpaired) electrons. The average molecular weight is 363 g/mol. The lowest BCUT2D eigenvalue weighted by Crippen LogP contribution is -2.36. The summed E-state index contributed by atoms with van der Waals surface area (Å²) < 4.78 is 5.09. The molecule has 18 heavy (non-hydrogen) atoms. The number of hydrogen-bond acceptors (Lipinski definition) is 2. The smallest absolute Gasteiger partial charge is 0.189 e. The van der Waals surface area contributed by atoms with Crippen molar-refractivity contribution in [3.05, 3.63) is 35.4 Å². The van der Waals surface area contributed by atoms with Crippen LogP contribution in [0.3, 0.4) is 0 Å². The van der Waals surface area contributed by atoms with Crippen LogP contribution in [0, 0.1) is 0 Å². The van der Waals surface area contributed by atoms with Gasteiger partial charge in [0.1, 0.15) is 0 Å². The molecule has 0 amide bonds. The highest BCUT2D eigenvalue weighted by Crippen LogP contribution is 2.07. The summed E-state index contributed by atoms with van der Waals surface area (Å²) >= 11 is 0. The van der Waals surface area contributed by atoms with Crippen LogP contribution in [0.15, 0.2) is 29.3 Å². The van der Waals surface area contributed by atoms with Crippen LogP contribution in [0.5, 0.6) is 0 Å². The molecule has 102 valence electrons. The van der Waals surface area contributed by atoms with Crippen molar-refractivity contribution in [2.24, 2.45) is 10.7 Å². The van der Waals surface area contributed by atoms with Gasteiger partial charge in [0.15, 0.2) is 5.96 Å². The van der Waals surface area contributed by atoms with Crippen molar-refractivity contribution >= 4 is 29.9 Å². The first-order valence-corrected chi connectivity index (χ1v) is 5.75. The third kappa shape index (κ3) is 6.80. The Morgan fingerprint density at radius 1 is 1.39 bits per heavy atom. The topological polar surface area (TPSA) is 59.6 Å².